The summed E-state index contributed by atoms with van der Waals surface area (Å²) in [5.74, 6) is 0.698. The van der Waals surface area contributed by atoms with E-state index in [9.17, 15) is 5.26 Å². The van der Waals surface area contributed by atoms with Gasteiger partial charge in [-0.1, -0.05) is 153 Å². The molecule has 0 N–H and O–H groups in total. The summed E-state index contributed by atoms with van der Waals surface area (Å²) in [4.78, 5) is 14.4. The van der Waals surface area contributed by atoms with E-state index in [1.165, 1.54) is 52.6 Å². The summed E-state index contributed by atoms with van der Waals surface area (Å²) in [6.07, 6.45) is 9.69. The SMILES string of the molecule is N#Cc1ccc2c(c1)C1(CCCCC1)c1cccc(-c3ccc(-c4ccc(-c5cc(-c6ccc(-c7cccnc7)cc6)nc(-c6ccccc6)n5)cc4)cc3)c1-2. The molecular weight excluding hydrogens is 681 g/mol. The van der Waals surface area contributed by atoms with Crippen molar-refractivity contribution in [3.05, 3.63) is 187 Å². The van der Waals surface area contributed by atoms with E-state index < -0.39 is 0 Å². The lowest BCUT2D eigenvalue weighted by molar-refractivity contribution is 0.353. The minimum Gasteiger partial charge on any atom is -0.264 e. The molecule has 2 aromatic heterocycles. The molecule has 0 saturated heterocycles. The van der Waals surface area contributed by atoms with Gasteiger partial charge in [0, 0.05) is 34.5 Å². The Morgan fingerprint density at radius 3 is 1.70 bits per heavy atom. The zero-order chi connectivity index (χ0) is 37.5. The van der Waals surface area contributed by atoms with Crippen molar-refractivity contribution in [2.45, 2.75) is 37.5 Å². The van der Waals surface area contributed by atoms with Crippen LogP contribution in [0.15, 0.2) is 170 Å². The molecule has 1 spiro atoms. The standard InChI is InChI=1S/C52H38N4/c53-33-35-14-27-45-47(31-35)52(28-5-2-6-29-52)46-13-7-12-44(50(45)46)39-21-15-36(16-22-39)37-17-23-40(24-18-37)48-32-49(56-51(55-48)42-9-3-1-4-10-42)41-25-19-38(20-26-41)43-11-8-30-54-34-43/h1,3-4,7-27,30-32,34H,2,5-6,28-29H2. The normalized spacial score (nSPS) is 13.8. The summed E-state index contributed by atoms with van der Waals surface area (Å²) in [6, 6.07) is 58.1. The van der Waals surface area contributed by atoms with Gasteiger partial charge in [0.15, 0.2) is 5.82 Å². The molecule has 2 aliphatic carbocycles. The van der Waals surface area contributed by atoms with E-state index in [0.29, 0.717) is 5.82 Å². The maximum absolute atomic E-state index is 9.79. The first kappa shape index (κ1) is 33.6. The Morgan fingerprint density at radius 2 is 1.07 bits per heavy atom. The predicted molar refractivity (Wildman–Crippen MR) is 226 cm³/mol. The third kappa shape index (κ3) is 5.90. The molecule has 0 aliphatic heterocycles. The molecule has 1 saturated carbocycles. The van der Waals surface area contributed by atoms with Crippen molar-refractivity contribution >= 4 is 0 Å². The quantitative estimate of drug-likeness (QED) is 0.172. The Labute approximate surface area is 327 Å². The van der Waals surface area contributed by atoms with Crippen LogP contribution in [0.3, 0.4) is 0 Å². The number of rotatable bonds is 6. The summed E-state index contributed by atoms with van der Waals surface area (Å²) in [5.41, 5.74) is 18.0. The Balaban J connectivity index is 0.968. The molecular formula is C52H38N4. The summed E-state index contributed by atoms with van der Waals surface area (Å²) in [7, 11) is 0. The van der Waals surface area contributed by atoms with Crippen molar-refractivity contribution in [2.75, 3.05) is 0 Å². The van der Waals surface area contributed by atoms with Gasteiger partial charge in [0.05, 0.1) is 23.0 Å². The second kappa shape index (κ2) is 14.0. The van der Waals surface area contributed by atoms with Crippen LogP contribution in [0.2, 0.25) is 0 Å². The molecule has 2 aliphatic rings. The highest BCUT2D eigenvalue weighted by Crippen LogP contribution is 2.58. The first-order valence-electron chi connectivity index (χ1n) is 19.5. The van der Waals surface area contributed by atoms with Crippen LogP contribution in [0.25, 0.3) is 78.4 Å². The molecule has 0 unspecified atom stereocenters. The number of fused-ring (bicyclic) bond motifs is 5. The second-order valence-electron chi connectivity index (χ2n) is 15.0. The maximum atomic E-state index is 9.79. The Morgan fingerprint density at radius 1 is 0.464 bits per heavy atom. The van der Waals surface area contributed by atoms with Crippen molar-refractivity contribution in [1.82, 2.24) is 15.0 Å². The number of aromatic nitrogens is 3. The van der Waals surface area contributed by atoms with Gasteiger partial charge in [-0.15, -0.1) is 0 Å². The zero-order valence-corrected chi connectivity index (χ0v) is 31.0. The largest absolute Gasteiger partial charge is 0.264 e. The molecule has 0 amide bonds. The third-order valence-corrected chi connectivity index (χ3v) is 11.9. The van der Waals surface area contributed by atoms with Gasteiger partial charge in [-0.2, -0.15) is 5.26 Å². The summed E-state index contributed by atoms with van der Waals surface area (Å²) in [6.45, 7) is 0. The van der Waals surface area contributed by atoms with Crippen LogP contribution in [0.5, 0.6) is 0 Å². The fourth-order valence-corrected chi connectivity index (χ4v) is 9.05. The lowest BCUT2D eigenvalue weighted by Crippen LogP contribution is -2.28. The lowest BCUT2D eigenvalue weighted by Gasteiger charge is -2.36. The van der Waals surface area contributed by atoms with Gasteiger partial charge in [-0.3, -0.25) is 4.98 Å². The molecule has 4 nitrogen and oxygen atoms in total. The predicted octanol–water partition coefficient (Wildman–Crippen LogP) is 13.0. The van der Waals surface area contributed by atoms with Gasteiger partial charge in [-0.05, 0) is 92.7 Å². The minimum atomic E-state index is 0.00465. The van der Waals surface area contributed by atoms with Crippen molar-refractivity contribution in [2.24, 2.45) is 0 Å². The van der Waals surface area contributed by atoms with Crippen molar-refractivity contribution < 1.29 is 0 Å². The van der Waals surface area contributed by atoms with E-state index in [1.54, 1.807) is 6.20 Å². The Hall–Kier alpha value is -6.96. The minimum absolute atomic E-state index is 0.00465. The number of nitriles is 1. The smallest absolute Gasteiger partial charge is 0.160 e. The average molecular weight is 719 g/mol. The van der Waals surface area contributed by atoms with Gasteiger partial charge in [0.25, 0.3) is 0 Å². The van der Waals surface area contributed by atoms with E-state index >= 15 is 0 Å². The zero-order valence-electron chi connectivity index (χ0n) is 31.0. The van der Waals surface area contributed by atoms with Crippen LogP contribution in [-0.4, -0.2) is 15.0 Å². The first-order chi connectivity index (χ1) is 27.7. The van der Waals surface area contributed by atoms with E-state index in [1.807, 2.05) is 36.5 Å². The fourth-order valence-electron chi connectivity index (χ4n) is 9.05. The van der Waals surface area contributed by atoms with E-state index in [-0.39, 0.29) is 5.41 Å². The molecule has 266 valence electrons. The average Bonchev–Trinajstić information content (AvgIpc) is 3.55. The number of hydrogen-bond acceptors (Lipinski definition) is 4. The Bertz CT molecular complexity index is 2740. The molecule has 0 bridgehead atoms. The van der Waals surface area contributed by atoms with Crippen molar-refractivity contribution in [3.8, 4) is 84.5 Å². The van der Waals surface area contributed by atoms with Crippen LogP contribution >= 0.6 is 0 Å². The molecule has 2 heterocycles. The molecule has 56 heavy (non-hydrogen) atoms. The molecule has 4 heteroatoms. The highest BCUT2D eigenvalue weighted by atomic mass is 14.9. The second-order valence-corrected chi connectivity index (χ2v) is 15.0. The van der Waals surface area contributed by atoms with Gasteiger partial charge < -0.3 is 0 Å². The number of pyridine rings is 1. The highest BCUT2D eigenvalue weighted by Gasteiger charge is 2.44. The number of nitrogens with zero attached hydrogens (tertiary/aromatic N) is 4. The summed E-state index contributed by atoms with van der Waals surface area (Å²) >= 11 is 0. The molecule has 6 aromatic carbocycles. The molecule has 1 fully saturated rings. The summed E-state index contributed by atoms with van der Waals surface area (Å²) < 4.78 is 0. The maximum Gasteiger partial charge on any atom is 0.160 e. The first-order valence-corrected chi connectivity index (χ1v) is 19.5. The van der Waals surface area contributed by atoms with Crippen LogP contribution in [-0.2, 0) is 5.41 Å². The van der Waals surface area contributed by atoms with Crippen LogP contribution < -0.4 is 0 Å². The molecule has 10 rings (SSSR count). The fraction of sp³-hybridized carbons (Fsp3) is 0.115. The lowest BCUT2D eigenvalue weighted by atomic mass is 9.67. The molecule has 0 radical (unpaired) electrons. The number of benzene rings is 6. The number of hydrogen-bond donors (Lipinski definition) is 0. The van der Waals surface area contributed by atoms with Gasteiger partial charge in [0.1, 0.15) is 0 Å². The topological polar surface area (TPSA) is 62.5 Å². The van der Waals surface area contributed by atoms with Crippen LogP contribution in [0.1, 0.15) is 48.8 Å². The highest BCUT2D eigenvalue weighted by molar-refractivity contribution is 5.93. The van der Waals surface area contributed by atoms with Gasteiger partial charge in [-0.25, -0.2) is 9.97 Å². The summed E-state index contributed by atoms with van der Waals surface area (Å²) in [5, 5.41) is 9.79. The van der Waals surface area contributed by atoms with Crippen LogP contribution in [0, 0.1) is 11.3 Å². The molecule has 8 aromatic rings. The van der Waals surface area contributed by atoms with Crippen molar-refractivity contribution in [3.63, 3.8) is 0 Å². The van der Waals surface area contributed by atoms with E-state index in [2.05, 4.69) is 138 Å². The van der Waals surface area contributed by atoms with Crippen molar-refractivity contribution in [1.29, 1.82) is 5.26 Å². The molecule has 0 atom stereocenters. The van der Waals surface area contributed by atoms with Crippen LogP contribution in [0.4, 0.5) is 0 Å². The van der Waals surface area contributed by atoms with E-state index in [0.717, 1.165) is 68.7 Å². The Kier molecular flexibility index (Phi) is 8.42. The monoisotopic (exact) mass is 718 g/mol. The van der Waals surface area contributed by atoms with E-state index in [4.69, 9.17) is 9.97 Å². The van der Waals surface area contributed by atoms with Gasteiger partial charge >= 0.3 is 0 Å². The third-order valence-electron chi connectivity index (χ3n) is 11.9. The van der Waals surface area contributed by atoms with Gasteiger partial charge in [0.2, 0.25) is 0 Å².